The Morgan fingerprint density at radius 3 is 1.88 bits per heavy atom. The Hall–Kier alpha value is -2.76. The maximum absolute atomic E-state index is 12.7. The van der Waals surface area contributed by atoms with E-state index in [1.54, 1.807) is 24.3 Å². The second-order valence-corrected chi connectivity index (χ2v) is 11.8. The van der Waals surface area contributed by atoms with Gasteiger partial charge in [0.1, 0.15) is 11.0 Å². The molecule has 11 heteroatoms. The number of hydrogen-bond donors (Lipinski definition) is 2. The zero-order chi connectivity index (χ0) is 24.1. The van der Waals surface area contributed by atoms with E-state index >= 15 is 0 Å². The highest BCUT2D eigenvalue weighted by Gasteiger charge is 2.33. The summed E-state index contributed by atoms with van der Waals surface area (Å²) >= 11 is 0. The number of sulfone groups is 1. The fourth-order valence-corrected chi connectivity index (χ4v) is 5.30. The summed E-state index contributed by atoms with van der Waals surface area (Å²) in [5.74, 6) is -2.37. The molecule has 0 bridgehead atoms. The molecule has 0 aromatic heterocycles. The molecule has 2 rings (SSSR count). The van der Waals surface area contributed by atoms with Crippen molar-refractivity contribution in [2.24, 2.45) is 0 Å². The van der Waals surface area contributed by atoms with Crippen LogP contribution >= 0.6 is 0 Å². The molecule has 32 heavy (non-hydrogen) atoms. The molecular formula is C21H27N3O6S2. The summed E-state index contributed by atoms with van der Waals surface area (Å²) in [6.07, 6.45) is -0.0287. The average molecular weight is 482 g/mol. The summed E-state index contributed by atoms with van der Waals surface area (Å²) < 4.78 is 50.7. The standard InChI is InChI=1S/C21H27N3O6S2/c1-5-19(31(27,28)14-20(25)22-16-8-6-15(2)7-9-16)21(26)23-17-10-12-18(13-11-17)32(29,30)24(3)4/h6-13,19H,5,14H2,1-4H3,(H,22,25)(H,23,26). The van der Waals surface area contributed by atoms with Crippen molar-refractivity contribution < 1.29 is 26.4 Å². The number of carbonyl (C=O) groups is 2. The maximum Gasteiger partial charge on any atom is 0.242 e. The fourth-order valence-electron chi connectivity index (χ4n) is 2.86. The number of anilines is 2. The Bertz CT molecular complexity index is 1170. The molecule has 0 radical (unpaired) electrons. The zero-order valence-corrected chi connectivity index (χ0v) is 20.0. The molecule has 0 spiro atoms. The van der Waals surface area contributed by atoms with Gasteiger partial charge < -0.3 is 10.6 Å². The van der Waals surface area contributed by atoms with Crippen LogP contribution in [-0.2, 0) is 29.4 Å². The number of amides is 2. The van der Waals surface area contributed by atoms with Crippen LogP contribution in [0.1, 0.15) is 18.9 Å². The third-order valence-electron chi connectivity index (χ3n) is 4.66. The van der Waals surface area contributed by atoms with Gasteiger partial charge in [0.15, 0.2) is 9.84 Å². The van der Waals surface area contributed by atoms with Gasteiger partial charge in [-0.2, -0.15) is 0 Å². The number of rotatable bonds is 9. The van der Waals surface area contributed by atoms with Crippen LogP contribution in [0.5, 0.6) is 0 Å². The van der Waals surface area contributed by atoms with Crippen molar-refractivity contribution in [3.63, 3.8) is 0 Å². The molecule has 1 unspecified atom stereocenters. The molecule has 0 aliphatic heterocycles. The van der Waals surface area contributed by atoms with Gasteiger partial charge in [-0.15, -0.1) is 0 Å². The number of carbonyl (C=O) groups excluding carboxylic acids is 2. The second kappa shape index (κ2) is 10.2. The molecular weight excluding hydrogens is 454 g/mol. The van der Waals surface area contributed by atoms with Gasteiger partial charge in [-0.1, -0.05) is 24.6 Å². The smallest absolute Gasteiger partial charge is 0.242 e. The molecule has 2 aromatic rings. The van der Waals surface area contributed by atoms with Crippen molar-refractivity contribution in [1.82, 2.24) is 4.31 Å². The van der Waals surface area contributed by atoms with E-state index in [9.17, 15) is 26.4 Å². The van der Waals surface area contributed by atoms with Crippen molar-refractivity contribution in [3.05, 3.63) is 54.1 Å². The van der Waals surface area contributed by atoms with Gasteiger partial charge in [0.05, 0.1) is 4.90 Å². The van der Waals surface area contributed by atoms with Crippen molar-refractivity contribution in [3.8, 4) is 0 Å². The number of sulfonamides is 1. The second-order valence-electron chi connectivity index (χ2n) is 7.42. The van der Waals surface area contributed by atoms with E-state index in [1.807, 2.05) is 6.92 Å². The van der Waals surface area contributed by atoms with E-state index in [0.717, 1.165) is 9.87 Å². The summed E-state index contributed by atoms with van der Waals surface area (Å²) in [5.41, 5.74) is 1.69. The fraction of sp³-hybridized carbons (Fsp3) is 0.333. The summed E-state index contributed by atoms with van der Waals surface area (Å²) in [7, 11) is -4.92. The van der Waals surface area contributed by atoms with Gasteiger partial charge in [-0.3, -0.25) is 9.59 Å². The molecule has 2 amide bonds. The van der Waals surface area contributed by atoms with Crippen LogP contribution in [0.3, 0.4) is 0 Å². The summed E-state index contributed by atoms with van der Waals surface area (Å²) in [5, 5.41) is 3.56. The summed E-state index contributed by atoms with van der Waals surface area (Å²) in [6, 6.07) is 12.2. The van der Waals surface area contributed by atoms with E-state index in [2.05, 4.69) is 10.6 Å². The first-order valence-electron chi connectivity index (χ1n) is 9.78. The summed E-state index contributed by atoms with van der Waals surface area (Å²) in [4.78, 5) is 24.9. The number of nitrogens with one attached hydrogen (secondary N) is 2. The van der Waals surface area contributed by atoms with E-state index < -0.39 is 42.7 Å². The molecule has 0 heterocycles. The van der Waals surface area contributed by atoms with E-state index in [-0.39, 0.29) is 17.0 Å². The first kappa shape index (κ1) is 25.5. The van der Waals surface area contributed by atoms with Crippen molar-refractivity contribution in [1.29, 1.82) is 0 Å². The Morgan fingerprint density at radius 1 is 0.875 bits per heavy atom. The number of nitrogens with zero attached hydrogens (tertiary/aromatic N) is 1. The highest BCUT2D eigenvalue weighted by atomic mass is 32.2. The average Bonchev–Trinajstić information content (AvgIpc) is 2.69. The monoisotopic (exact) mass is 481 g/mol. The lowest BCUT2D eigenvalue weighted by Gasteiger charge is -2.16. The molecule has 2 N–H and O–H groups in total. The Kier molecular flexibility index (Phi) is 8.16. The first-order chi connectivity index (χ1) is 14.9. The Labute approximate surface area is 188 Å². The van der Waals surface area contributed by atoms with Crippen molar-refractivity contribution >= 4 is 43.0 Å². The van der Waals surface area contributed by atoms with Gasteiger partial charge in [-0.05, 0) is 49.7 Å². The van der Waals surface area contributed by atoms with Crippen LogP contribution < -0.4 is 10.6 Å². The zero-order valence-electron chi connectivity index (χ0n) is 18.3. The lowest BCUT2D eigenvalue weighted by molar-refractivity contribution is -0.115. The minimum absolute atomic E-state index is 0.0287. The minimum Gasteiger partial charge on any atom is -0.325 e. The van der Waals surface area contributed by atoms with Gasteiger partial charge in [-0.25, -0.2) is 21.1 Å². The van der Waals surface area contributed by atoms with Crippen LogP contribution in [0.2, 0.25) is 0 Å². The SMILES string of the molecule is CCC(C(=O)Nc1ccc(S(=O)(=O)N(C)C)cc1)S(=O)(=O)CC(=O)Nc1ccc(C)cc1. The Morgan fingerprint density at radius 2 is 1.38 bits per heavy atom. The van der Waals surface area contributed by atoms with Crippen LogP contribution in [0.4, 0.5) is 11.4 Å². The molecule has 2 aromatic carbocycles. The highest BCUT2D eigenvalue weighted by Crippen LogP contribution is 2.18. The molecule has 0 saturated heterocycles. The van der Waals surface area contributed by atoms with Gasteiger partial charge in [0.2, 0.25) is 21.8 Å². The largest absolute Gasteiger partial charge is 0.325 e. The van der Waals surface area contributed by atoms with Crippen LogP contribution in [0, 0.1) is 6.92 Å². The molecule has 0 aliphatic carbocycles. The molecule has 9 nitrogen and oxygen atoms in total. The lowest BCUT2D eigenvalue weighted by Crippen LogP contribution is -2.39. The third kappa shape index (κ3) is 6.38. The maximum atomic E-state index is 12.7. The first-order valence-corrected chi connectivity index (χ1v) is 12.9. The highest BCUT2D eigenvalue weighted by molar-refractivity contribution is 7.93. The summed E-state index contributed by atoms with van der Waals surface area (Å²) in [6.45, 7) is 3.42. The lowest BCUT2D eigenvalue weighted by atomic mass is 10.2. The molecule has 0 saturated carbocycles. The molecule has 0 fully saturated rings. The topological polar surface area (TPSA) is 130 Å². The van der Waals surface area contributed by atoms with E-state index in [0.29, 0.717) is 5.69 Å². The third-order valence-corrected chi connectivity index (χ3v) is 8.57. The number of benzene rings is 2. The Balaban J connectivity index is 2.08. The van der Waals surface area contributed by atoms with Gasteiger partial charge in [0.25, 0.3) is 0 Å². The van der Waals surface area contributed by atoms with Crippen molar-refractivity contribution in [2.75, 3.05) is 30.5 Å². The minimum atomic E-state index is -4.09. The quantitative estimate of drug-likeness (QED) is 0.564. The predicted octanol–water partition coefficient (Wildman–Crippen LogP) is 2.02. The van der Waals surface area contributed by atoms with Crippen LogP contribution in [0.25, 0.3) is 0 Å². The van der Waals surface area contributed by atoms with Crippen LogP contribution in [0.15, 0.2) is 53.4 Å². The number of aryl methyl sites for hydroxylation is 1. The van der Waals surface area contributed by atoms with Crippen molar-refractivity contribution in [2.45, 2.75) is 30.4 Å². The number of hydrogen-bond acceptors (Lipinski definition) is 6. The molecule has 1 atom stereocenters. The van der Waals surface area contributed by atoms with Gasteiger partial charge >= 0.3 is 0 Å². The predicted molar refractivity (Wildman–Crippen MR) is 124 cm³/mol. The van der Waals surface area contributed by atoms with Crippen LogP contribution in [-0.4, -0.2) is 58.1 Å². The van der Waals surface area contributed by atoms with E-state index in [1.165, 1.54) is 45.3 Å². The molecule has 174 valence electrons. The van der Waals surface area contributed by atoms with E-state index in [4.69, 9.17) is 0 Å². The van der Waals surface area contributed by atoms with Gasteiger partial charge in [0, 0.05) is 25.5 Å². The molecule has 0 aliphatic rings. The normalized spacial score (nSPS) is 12.9.